The molecule has 0 bridgehead atoms. The van der Waals surface area contributed by atoms with Crippen molar-refractivity contribution in [3.05, 3.63) is 48.0 Å². The molecule has 0 atom stereocenters. The molecule has 1 aromatic heterocycles. The van der Waals surface area contributed by atoms with Gasteiger partial charge in [-0.25, -0.2) is 4.98 Å². The van der Waals surface area contributed by atoms with Crippen LogP contribution in [0.15, 0.2) is 42.0 Å². The molecule has 104 valence electrons. The molecule has 0 amide bonds. The molecule has 6 nitrogen and oxygen atoms in total. The van der Waals surface area contributed by atoms with E-state index in [-0.39, 0.29) is 5.11 Å². The first-order valence-corrected chi connectivity index (χ1v) is 6.31. The van der Waals surface area contributed by atoms with E-state index in [4.69, 9.17) is 10.5 Å². The third-order valence-corrected chi connectivity index (χ3v) is 2.70. The summed E-state index contributed by atoms with van der Waals surface area (Å²) in [7, 11) is 1.65. The Kier molecular flexibility index (Phi) is 4.67. The number of nitrogens with one attached hydrogen (secondary N) is 1. The highest BCUT2D eigenvalue weighted by molar-refractivity contribution is 7.80. The van der Waals surface area contributed by atoms with Gasteiger partial charge in [-0.1, -0.05) is 0 Å². The number of methoxy groups -OCH3 is 1. The van der Waals surface area contributed by atoms with Gasteiger partial charge < -0.3 is 15.0 Å². The molecular formula is C13H15N5OS. The smallest absolute Gasteiger partial charge is 0.184 e. The number of hydrogen-bond acceptors (Lipinski definition) is 4. The second-order valence-electron chi connectivity index (χ2n) is 4.04. The van der Waals surface area contributed by atoms with E-state index in [2.05, 4.69) is 27.7 Å². The lowest BCUT2D eigenvalue weighted by Crippen LogP contribution is -2.24. The fourth-order valence-corrected chi connectivity index (χ4v) is 1.80. The fourth-order valence-electron chi connectivity index (χ4n) is 1.75. The third kappa shape index (κ3) is 3.79. The van der Waals surface area contributed by atoms with Crippen molar-refractivity contribution in [2.24, 2.45) is 10.8 Å². The SMILES string of the molecule is COc1ccc(C=NNC(N)=S)cc1Cn1ccnc1. The monoisotopic (exact) mass is 289 g/mol. The Bertz CT molecular complexity index is 609. The molecule has 0 unspecified atom stereocenters. The normalized spacial score (nSPS) is 10.7. The molecule has 0 saturated carbocycles. The summed E-state index contributed by atoms with van der Waals surface area (Å²) >= 11 is 4.68. The summed E-state index contributed by atoms with van der Waals surface area (Å²) < 4.78 is 7.32. The van der Waals surface area contributed by atoms with Crippen LogP contribution in [-0.2, 0) is 6.54 Å². The van der Waals surface area contributed by atoms with E-state index >= 15 is 0 Å². The second-order valence-corrected chi connectivity index (χ2v) is 4.48. The summed E-state index contributed by atoms with van der Waals surface area (Å²) in [6, 6.07) is 5.79. The summed E-state index contributed by atoms with van der Waals surface area (Å²) in [4.78, 5) is 4.02. The van der Waals surface area contributed by atoms with E-state index in [1.54, 1.807) is 25.8 Å². The third-order valence-electron chi connectivity index (χ3n) is 2.60. The lowest BCUT2D eigenvalue weighted by atomic mass is 10.1. The van der Waals surface area contributed by atoms with Crippen LogP contribution in [0.25, 0.3) is 0 Å². The molecule has 0 aliphatic heterocycles. The highest BCUT2D eigenvalue weighted by atomic mass is 32.1. The Hall–Kier alpha value is -2.41. The number of nitrogens with two attached hydrogens (primary N) is 1. The van der Waals surface area contributed by atoms with Gasteiger partial charge in [0.05, 0.1) is 26.2 Å². The summed E-state index contributed by atoms with van der Waals surface area (Å²) in [6.45, 7) is 0.674. The lowest BCUT2D eigenvalue weighted by Gasteiger charge is -2.10. The number of rotatable bonds is 5. The predicted octanol–water partition coefficient (Wildman–Crippen LogP) is 1.11. The van der Waals surface area contributed by atoms with E-state index in [1.165, 1.54) is 0 Å². The Balaban J connectivity index is 2.20. The molecule has 1 aromatic carbocycles. The van der Waals surface area contributed by atoms with Gasteiger partial charge in [0, 0.05) is 18.0 Å². The van der Waals surface area contributed by atoms with Crippen molar-refractivity contribution in [2.45, 2.75) is 6.54 Å². The minimum Gasteiger partial charge on any atom is -0.496 e. The Morgan fingerprint density at radius 2 is 2.45 bits per heavy atom. The Morgan fingerprint density at radius 1 is 1.60 bits per heavy atom. The molecule has 0 aliphatic carbocycles. The zero-order valence-corrected chi connectivity index (χ0v) is 11.8. The highest BCUT2D eigenvalue weighted by Gasteiger charge is 2.04. The van der Waals surface area contributed by atoms with Crippen molar-refractivity contribution in [3.8, 4) is 5.75 Å². The van der Waals surface area contributed by atoms with Crippen LogP contribution in [-0.4, -0.2) is 28.0 Å². The Labute approximate surface area is 122 Å². The van der Waals surface area contributed by atoms with Crippen molar-refractivity contribution < 1.29 is 4.74 Å². The zero-order chi connectivity index (χ0) is 14.4. The van der Waals surface area contributed by atoms with Crippen LogP contribution >= 0.6 is 12.2 Å². The van der Waals surface area contributed by atoms with Crippen molar-refractivity contribution in [1.82, 2.24) is 15.0 Å². The molecule has 0 radical (unpaired) electrons. The maximum atomic E-state index is 5.36. The minimum absolute atomic E-state index is 0.133. The van der Waals surface area contributed by atoms with Gasteiger partial charge in [0.15, 0.2) is 5.11 Å². The molecular weight excluding hydrogens is 274 g/mol. The van der Waals surface area contributed by atoms with E-state index < -0.39 is 0 Å². The zero-order valence-electron chi connectivity index (χ0n) is 11.0. The summed E-state index contributed by atoms with van der Waals surface area (Å²) in [5.41, 5.74) is 9.77. The van der Waals surface area contributed by atoms with Crippen LogP contribution in [0.5, 0.6) is 5.75 Å². The number of nitrogens with zero attached hydrogens (tertiary/aromatic N) is 3. The number of benzene rings is 1. The van der Waals surface area contributed by atoms with Crippen LogP contribution < -0.4 is 15.9 Å². The molecule has 0 saturated heterocycles. The number of hydrazone groups is 1. The molecule has 2 aromatic rings. The summed E-state index contributed by atoms with van der Waals surface area (Å²) in [5.74, 6) is 0.818. The Morgan fingerprint density at radius 3 is 3.10 bits per heavy atom. The maximum absolute atomic E-state index is 5.36. The second kappa shape index (κ2) is 6.67. The topological polar surface area (TPSA) is 77.5 Å². The molecule has 2 rings (SSSR count). The van der Waals surface area contributed by atoms with E-state index in [0.717, 1.165) is 16.9 Å². The molecule has 20 heavy (non-hydrogen) atoms. The van der Waals surface area contributed by atoms with Gasteiger partial charge >= 0.3 is 0 Å². The van der Waals surface area contributed by atoms with E-state index in [0.29, 0.717) is 6.54 Å². The van der Waals surface area contributed by atoms with Crippen molar-refractivity contribution >= 4 is 23.5 Å². The minimum atomic E-state index is 0.133. The van der Waals surface area contributed by atoms with Gasteiger partial charge in [0.1, 0.15) is 5.75 Å². The molecule has 3 N–H and O–H groups in total. The molecule has 1 heterocycles. The molecule has 0 fully saturated rings. The van der Waals surface area contributed by atoms with Gasteiger partial charge in [-0.2, -0.15) is 5.10 Å². The van der Waals surface area contributed by atoms with Gasteiger partial charge in [0.2, 0.25) is 0 Å². The van der Waals surface area contributed by atoms with Crippen molar-refractivity contribution in [3.63, 3.8) is 0 Å². The van der Waals surface area contributed by atoms with Crippen LogP contribution in [0.3, 0.4) is 0 Å². The largest absolute Gasteiger partial charge is 0.496 e. The maximum Gasteiger partial charge on any atom is 0.184 e. The van der Waals surface area contributed by atoms with Crippen LogP contribution in [0.4, 0.5) is 0 Å². The number of aromatic nitrogens is 2. The average Bonchev–Trinajstić information content (AvgIpc) is 2.91. The lowest BCUT2D eigenvalue weighted by molar-refractivity contribution is 0.408. The van der Waals surface area contributed by atoms with Gasteiger partial charge in [0.25, 0.3) is 0 Å². The molecule has 0 spiro atoms. The fraction of sp³-hybridized carbons (Fsp3) is 0.154. The van der Waals surface area contributed by atoms with Crippen molar-refractivity contribution in [1.29, 1.82) is 0 Å². The van der Waals surface area contributed by atoms with Gasteiger partial charge in [-0.05, 0) is 36.0 Å². The van der Waals surface area contributed by atoms with Gasteiger partial charge in [-0.3, -0.25) is 5.43 Å². The van der Waals surface area contributed by atoms with Crippen LogP contribution in [0.2, 0.25) is 0 Å². The highest BCUT2D eigenvalue weighted by Crippen LogP contribution is 2.20. The van der Waals surface area contributed by atoms with Crippen LogP contribution in [0.1, 0.15) is 11.1 Å². The van der Waals surface area contributed by atoms with E-state index in [9.17, 15) is 0 Å². The summed E-state index contributed by atoms with van der Waals surface area (Å²) in [6.07, 6.45) is 7.04. The standard InChI is InChI=1S/C13H15N5OS/c1-19-12-3-2-10(7-16-17-13(14)20)6-11(12)8-18-5-4-15-9-18/h2-7,9H,8H2,1H3,(H3,14,17,20). The first kappa shape index (κ1) is 14.0. The molecule has 0 aliphatic rings. The van der Waals surface area contributed by atoms with Crippen LogP contribution in [0, 0.1) is 0 Å². The van der Waals surface area contributed by atoms with Crippen molar-refractivity contribution in [2.75, 3.05) is 7.11 Å². The first-order valence-electron chi connectivity index (χ1n) is 5.90. The van der Waals surface area contributed by atoms with Gasteiger partial charge in [-0.15, -0.1) is 0 Å². The number of ether oxygens (including phenoxy) is 1. The first-order chi connectivity index (χ1) is 9.69. The number of thiocarbonyl (C=S) groups is 1. The summed E-state index contributed by atoms with van der Waals surface area (Å²) in [5, 5.41) is 4.07. The van der Waals surface area contributed by atoms with E-state index in [1.807, 2.05) is 29.0 Å². The average molecular weight is 289 g/mol. The number of hydrogen-bond donors (Lipinski definition) is 2. The number of imidazole rings is 1. The quantitative estimate of drug-likeness (QED) is 0.490. The molecule has 7 heteroatoms. The predicted molar refractivity (Wildman–Crippen MR) is 81.8 cm³/mol.